The highest BCUT2D eigenvalue weighted by Gasteiger charge is 2.20. The fourth-order valence-electron chi connectivity index (χ4n) is 3.50. The quantitative estimate of drug-likeness (QED) is 0.727. The number of amides is 1. The second-order valence-corrected chi connectivity index (χ2v) is 7.14. The molecule has 0 aliphatic carbocycles. The van der Waals surface area contributed by atoms with Crippen LogP contribution in [-0.4, -0.2) is 25.1 Å². The number of hydrogen-bond donors (Lipinski definition) is 2. The van der Waals surface area contributed by atoms with E-state index < -0.39 is 0 Å². The Morgan fingerprint density at radius 2 is 2.11 bits per heavy atom. The molecule has 0 bridgehead atoms. The third-order valence-electron chi connectivity index (χ3n) is 4.97. The SMILES string of the molecule is CCCOc1cccc(C(=O)Nc2ccc(N3CCCCC3C)c(N)c2)c1. The molecule has 1 fully saturated rings. The summed E-state index contributed by atoms with van der Waals surface area (Å²) in [5, 5.41) is 2.93. The maximum Gasteiger partial charge on any atom is 0.255 e. The van der Waals surface area contributed by atoms with Crippen LogP contribution >= 0.6 is 0 Å². The second-order valence-electron chi connectivity index (χ2n) is 7.14. The van der Waals surface area contributed by atoms with E-state index in [4.69, 9.17) is 10.5 Å². The third kappa shape index (κ3) is 4.73. The summed E-state index contributed by atoms with van der Waals surface area (Å²) in [5.41, 5.74) is 9.31. The molecule has 5 nitrogen and oxygen atoms in total. The first-order valence-electron chi connectivity index (χ1n) is 9.79. The van der Waals surface area contributed by atoms with E-state index in [0.717, 1.165) is 18.7 Å². The van der Waals surface area contributed by atoms with E-state index in [-0.39, 0.29) is 5.91 Å². The van der Waals surface area contributed by atoms with Crippen molar-refractivity contribution in [1.82, 2.24) is 0 Å². The highest BCUT2D eigenvalue weighted by atomic mass is 16.5. The number of benzene rings is 2. The molecule has 1 aliphatic heterocycles. The van der Waals surface area contributed by atoms with Crippen LogP contribution in [0.25, 0.3) is 0 Å². The number of nitrogens with zero attached hydrogens (tertiary/aromatic N) is 1. The summed E-state index contributed by atoms with van der Waals surface area (Å²) in [5.74, 6) is 0.536. The standard InChI is InChI=1S/C22H29N3O2/c1-3-13-27-19-9-6-8-17(14-19)22(26)24-18-10-11-21(20(23)15-18)25-12-5-4-7-16(25)2/h6,8-11,14-16H,3-5,7,12-13,23H2,1-2H3,(H,24,26). The molecule has 0 saturated carbocycles. The molecular weight excluding hydrogens is 338 g/mol. The number of piperidine rings is 1. The first kappa shape index (κ1) is 19.1. The Morgan fingerprint density at radius 3 is 2.85 bits per heavy atom. The predicted molar refractivity (Wildman–Crippen MR) is 112 cm³/mol. The highest BCUT2D eigenvalue weighted by Crippen LogP contribution is 2.31. The summed E-state index contributed by atoms with van der Waals surface area (Å²) in [6.45, 7) is 5.96. The number of nitrogens with two attached hydrogens (primary N) is 1. The molecule has 1 unspecified atom stereocenters. The normalized spacial score (nSPS) is 16.8. The van der Waals surface area contributed by atoms with Crippen molar-refractivity contribution in [2.45, 2.75) is 45.6 Å². The van der Waals surface area contributed by atoms with Crippen LogP contribution in [0.15, 0.2) is 42.5 Å². The van der Waals surface area contributed by atoms with Crippen LogP contribution in [0.1, 0.15) is 49.9 Å². The van der Waals surface area contributed by atoms with Gasteiger partial charge in [-0.05, 0) is 69.0 Å². The molecule has 0 radical (unpaired) electrons. The minimum atomic E-state index is -0.171. The highest BCUT2D eigenvalue weighted by molar-refractivity contribution is 6.04. The Labute approximate surface area is 161 Å². The minimum absolute atomic E-state index is 0.171. The van der Waals surface area contributed by atoms with E-state index in [1.54, 1.807) is 12.1 Å². The van der Waals surface area contributed by atoms with Gasteiger partial charge in [0.05, 0.1) is 18.0 Å². The summed E-state index contributed by atoms with van der Waals surface area (Å²) in [7, 11) is 0. The van der Waals surface area contributed by atoms with E-state index in [1.165, 1.54) is 19.3 Å². The van der Waals surface area contributed by atoms with Gasteiger partial charge in [-0.2, -0.15) is 0 Å². The van der Waals surface area contributed by atoms with Gasteiger partial charge in [-0.25, -0.2) is 0 Å². The Kier molecular flexibility index (Phi) is 6.22. The average molecular weight is 367 g/mol. The molecule has 5 heteroatoms. The average Bonchev–Trinajstić information content (AvgIpc) is 2.67. The number of nitrogens with one attached hydrogen (secondary N) is 1. The first-order chi connectivity index (χ1) is 13.1. The number of rotatable bonds is 6. The van der Waals surface area contributed by atoms with Crippen LogP contribution in [0.2, 0.25) is 0 Å². The Hall–Kier alpha value is -2.69. The van der Waals surface area contributed by atoms with E-state index in [1.807, 2.05) is 30.3 Å². The zero-order chi connectivity index (χ0) is 19.2. The minimum Gasteiger partial charge on any atom is -0.494 e. The molecule has 0 aromatic heterocycles. The van der Waals surface area contributed by atoms with Crippen molar-refractivity contribution in [2.24, 2.45) is 0 Å². The van der Waals surface area contributed by atoms with Crippen molar-refractivity contribution in [3.8, 4) is 5.75 Å². The molecule has 1 amide bonds. The number of anilines is 3. The van der Waals surface area contributed by atoms with Gasteiger partial charge in [-0.3, -0.25) is 4.79 Å². The largest absolute Gasteiger partial charge is 0.494 e. The lowest BCUT2D eigenvalue weighted by molar-refractivity contribution is 0.102. The first-order valence-corrected chi connectivity index (χ1v) is 9.79. The lowest BCUT2D eigenvalue weighted by Gasteiger charge is -2.36. The van der Waals surface area contributed by atoms with Crippen LogP contribution in [0.4, 0.5) is 17.1 Å². The smallest absolute Gasteiger partial charge is 0.255 e. The topological polar surface area (TPSA) is 67.6 Å². The Balaban J connectivity index is 1.70. The maximum atomic E-state index is 12.6. The molecule has 2 aromatic carbocycles. The van der Waals surface area contributed by atoms with Crippen molar-refractivity contribution in [1.29, 1.82) is 0 Å². The molecule has 144 valence electrons. The zero-order valence-electron chi connectivity index (χ0n) is 16.2. The van der Waals surface area contributed by atoms with Crippen LogP contribution in [0.5, 0.6) is 5.75 Å². The van der Waals surface area contributed by atoms with Gasteiger partial charge in [-0.1, -0.05) is 13.0 Å². The Bertz CT molecular complexity index is 791. The van der Waals surface area contributed by atoms with E-state index in [2.05, 4.69) is 24.1 Å². The van der Waals surface area contributed by atoms with Crippen LogP contribution in [0.3, 0.4) is 0 Å². The molecule has 27 heavy (non-hydrogen) atoms. The number of hydrogen-bond acceptors (Lipinski definition) is 4. The van der Waals surface area contributed by atoms with E-state index >= 15 is 0 Å². The molecule has 2 aromatic rings. The van der Waals surface area contributed by atoms with Gasteiger partial charge in [0.2, 0.25) is 0 Å². The van der Waals surface area contributed by atoms with Gasteiger partial charge in [0.25, 0.3) is 5.91 Å². The number of carbonyl (C=O) groups excluding carboxylic acids is 1. The molecule has 0 spiro atoms. The van der Waals surface area contributed by atoms with E-state index in [0.29, 0.717) is 35.3 Å². The lowest BCUT2D eigenvalue weighted by atomic mass is 10.0. The Morgan fingerprint density at radius 1 is 1.26 bits per heavy atom. The molecule has 1 heterocycles. The molecular formula is C22H29N3O2. The number of ether oxygens (including phenoxy) is 1. The molecule has 3 N–H and O–H groups in total. The van der Waals surface area contributed by atoms with Crippen LogP contribution in [0, 0.1) is 0 Å². The maximum absolute atomic E-state index is 12.6. The van der Waals surface area contributed by atoms with Crippen LogP contribution in [-0.2, 0) is 0 Å². The predicted octanol–water partition coefficient (Wildman–Crippen LogP) is 4.69. The van der Waals surface area contributed by atoms with Gasteiger partial charge in [0.1, 0.15) is 5.75 Å². The van der Waals surface area contributed by atoms with Gasteiger partial charge < -0.3 is 20.7 Å². The van der Waals surface area contributed by atoms with Crippen molar-refractivity contribution in [3.63, 3.8) is 0 Å². The fraction of sp³-hybridized carbons (Fsp3) is 0.409. The van der Waals surface area contributed by atoms with Crippen LogP contribution < -0.4 is 20.7 Å². The molecule has 1 aliphatic rings. The molecule has 3 rings (SSSR count). The van der Waals surface area contributed by atoms with Gasteiger partial charge in [0.15, 0.2) is 0 Å². The third-order valence-corrected chi connectivity index (χ3v) is 4.97. The summed E-state index contributed by atoms with van der Waals surface area (Å²) < 4.78 is 5.60. The van der Waals surface area contributed by atoms with Gasteiger partial charge >= 0.3 is 0 Å². The van der Waals surface area contributed by atoms with Crippen molar-refractivity contribution in [2.75, 3.05) is 29.1 Å². The van der Waals surface area contributed by atoms with Crippen molar-refractivity contribution in [3.05, 3.63) is 48.0 Å². The van der Waals surface area contributed by atoms with E-state index in [9.17, 15) is 4.79 Å². The zero-order valence-corrected chi connectivity index (χ0v) is 16.2. The van der Waals surface area contributed by atoms with Gasteiger partial charge in [0, 0.05) is 23.8 Å². The summed E-state index contributed by atoms with van der Waals surface area (Å²) in [6, 6.07) is 13.5. The lowest BCUT2D eigenvalue weighted by Crippen LogP contribution is -2.37. The monoisotopic (exact) mass is 367 g/mol. The second kappa shape index (κ2) is 8.80. The number of carbonyl (C=O) groups is 1. The molecule has 1 saturated heterocycles. The van der Waals surface area contributed by atoms with Crippen molar-refractivity contribution >= 4 is 23.0 Å². The number of nitrogen functional groups attached to an aromatic ring is 1. The summed E-state index contributed by atoms with van der Waals surface area (Å²) >= 11 is 0. The summed E-state index contributed by atoms with van der Waals surface area (Å²) in [4.78, 5) is 14.9. The van der Waals surface area contributed by atoms with Crippen molar-refractivity contribution < 1.29 is 9.53 Å². The molecule has 1 atom stereocenters. The van der Waals surface area contributed by atoms with Gasteiger partial charge in [-0.15, -0.1) is 0 Å². The summed E-state index contributed by atoms with van der Waals surface area (Å²) in [6.07, 6.45) is 4.58. The fourth-order valence-corrected chi connectivity index (χ4v) is 3.50.